The van der Waals surface area contributed by atoms with Crippen LogP contribution in [0.3, 0.4) is 0 Å². The average molecular weight is 393 g/mol. The highest BCUT2D eigenvalue weighted by molar-refractivity contribution is 6.04. The Kier molecular flexibility index (Phi) is 4.74. The van der Waals surface area contributed by atoms with Crippen molar-refractivity contribution in [1.29, 1.82) is 0 Å². The third-order valence-corrected chi connectivity index (χ3v) is 4.15. The fourth-order valence-corrected chi connectivity index (χ4v) is 2.58. The highest BCUT2D eigenvalue weighted by atomic mass is 19.4. The van der Waals surface area contributed by atoms with Gasteiger partial charge in [0.25, 0.3) is 11.5 Å². The Bertz CT molecular complexity index is 1090. The average Bonchev–Trinajstić information content (AvgIpc) is 3.04. The summed E-state index contributed by atoms with van der Waals surface area (Å²) >= 11 is 0. The standard InChI is InChI=1S/C18H18F3N5O2/c1-17(2,3)12-5-4-9(14(27)25-12)6-23-15(28)10-7-22-8-11-13(10)26-16(24-11)18(19,20)21/h4-5,7-8H,6H2,1-3H3,(H,23,28)(H,24,26)(H,25,27). The van der Waals surface area contributed by atoms with Gasteiger partial charge < -0.3 is 15.3 Å². The molecule has 1 amide bonds. The van der Waals surface area contributed by atoms with Crippen LogP contribution < -0.4 is 10.9 Å². The molecule has 0 bridgehead atoms. The van der Waals surface area contributed by atoms with Crippen LogP contribution in [0.25, 0.3) is 11.0 Å². The lowest BCUT2D eigenvalue weighted by molar-refractivity contribution is -0.144. The summed E-state index contributed by atoms with van der Waals surface area (Å²) in [7, 11) is 0. The number of nitrogens with zero attached hydrogens (tertiary/aromatic N) is 2. The number of H-pyrrole nitrogens is 2. The molecule has 0 aromatic carbocycles. The summed E-state index contributed by atoms with van der Waals surface area (Å²) in [5.74, 6) is -1.89. The van der Waals surface area contributed by atoms with E-state index in [1.165, 1.54) is 0 Å². The van der Waals surface area contributed by atoms with E-state index in [0.29, 0.717) is 5.56 Å². The summed E-state index contributed by atoms with van der Waals surface area (Å²) in [6.45, 7) is 5.76. The number of aromatic nitrogens is 4. The van der Waals surface area contributed by atoms with Gasteiger partial charge in [0, 0.05) is 29.4 Å². The third kappa shape index (κ3) is 3.90. The normalized spacial score (nSPS) is 12.4. The Morgan fingerprint density at radius 3 is 2.46 bits per heavy atom. The smallest absolute Gasteiger partial charge is 0.348 e. The van der Waals surface area contributed by atoms with Crippen molar-refractivity contribution in [1.82, 2.24) is 25.3 Å². The summed E-state index contributed by atoms with van der Waals surface area (Å²) in [6.07, 6.45) is -2.38. The zero-order valence-corrected chi connectivity index (χ0v) is 15.4. The predicted molar refractivity (Wildman–Crippen MR) is 95.8 cm³/mol. The number of pyridine rings is 2. The molecule has 0 aliphatic carbocycles. The van der Waals surface area contributed by atoms with Gasteiger partial charge in [0.05, 0.1) is 17.3 Å². The van der Waals surface area contributed by atoms with Crippen LogP contribution in [-0.4, -0.2) is 25.8 Å². The van der Waals surface area contributed by atoms with Gasteiger partial charge in [0.2, 0.25) is 5.82 Å². The molecular weight excluding hydrogens is 375 g/mol. The van der Waals surface area contributed by atoms with Crippen LogP contribution in [-0.2, 0) is 18.1 Å². The van der Waals surface area contributed by atoms with Crippen molar-refractivity contribution in [3.05, 3.63) is 57.5 Å². The molecule has 0 saturated heterocycles. The molecule has 0 saturated carbocycles. The van der Waals surface area contributed by atoms with Crippen LogP contribution in [0, 0.1) is 0 Å². The van der Waals surface area contributed by atoms with Crippen LogP contribution in [0.4, 0.5) is 13.2 Å². The lowest BCUT2D eigenvalue weighted by atomic mass is 9.91. The first-order valence-electron chi connectivity index (χ1n) is 8.38. The number of hydrogen-bond donors (Lipinski definition) is 3. The molecule has 3 rings (SSSR count). The van der Waals surface area contributed by atoms with Crippen molar-refractivity contribution in [3.63, 3.8) is 0 Å². The lowest BCUT2D eigenvalue weighted by Crippen LogP contribution is -2.28. The second-order valence-corrected chi connectivity index (χ2v) is 7.33. The van der Waals surface area contributed by atoms with E-state index in [-0.39, 0.29) is 34.1 Å². The van der Waals surface area contributed by atoms with Crippen molar-refractivity contribution in [3.8, 4) is 0 Å². The van der Waals surface area contributed by atoms with E-state index in [2.05, 4.69) is 25.3 Å². The zero-order valence-electron chi connectivity index (χ0n) is 15.4. The van der Waals surface area contributed by atoms with E-state index in [1.54, 1.807) is 12.1 Å². The fourth-order valence-electron chi connectivity index (χ4n) is 2.58. The number of hydrogen-bond acceptors (Lipinski definition) is 4. The minimum Gasteiger partial charge on any atom is -0.348 e. The molecule has 3 heterocycles. The number of aromatic amines is 2. The summed E-state index contributed by atoms with van der Waals surface area (Å²) < 4.78 is 38.5. The summed E-state index contributed by atoms with van der Waals surface area (Å²) in [4.78, 5) is 36.7. The molecule has 0 aliphatic rings. The zero-order chi connectivity index (χ0) is 20.7. The van der Waals surface area contributed by atoms with Crippen molar-refractivity contribution < 1.29 is 18.0 Å². The third-order valence-electron chi connectivity index (χ3n) is 4.15. The minimum atomic E-state index is -4.67. The van der Waals surface area contributed by atoms with Gasteiger partial charge in [0.15, 0.2) is 0 Å². The summed E-state index contributed by atoms with van der Waals surface area (Å²) in [6, 6.07) is 3.36. The number of rotatable bonds is 3. The molecule has 0 spiro atoms. The molecule has 0 radical (unpaired) electrons. The van der Waals surface area contributed by atoms with Gasteiger partial charge in [-0.15, -0.1) is 0 Å². The predicted octanol–water partition coefficient (Wildman–Crippen LogP) is 2.89. The Morgan fingerprint density at radius 2 is 1.86 bits per heavy atom. The van der Waals surface area contributed by atoms with E-state index in [4.69, 9.17) is 0 Å². The molecule has 0 fully saturated rings. The maximum absolute atomic E-state index is 12.8. The van der Waals surface area contributed by atoms with Gasteiger partial charge in [-0.05, 0) is 12.1 Å². The van der Waals surface area contributed by atoms with Crippen LogP contribution in [0.1, 0.15) is 48.2 Å². The molecule has 0 unspecified atom stereocenters. The number of imidazole rings is 1. The van der Waals surface area contributed by atoms with Gasteiger partial charge in [-0.1, -0.05) is 20.8 Å². The molecular formula is C18H18F3N5O2. The van der Waals surface area contributed by atoms with E-state index in [9.17, 15) is 22.8 Å². The Hall–Kier alpha value is -3.17. The SMILES string of the molecule is CC(C)(C)c1ccc(CNC(=O)c2cncc3[nH]c(C(F)(F)F)nc23)c(=O)[nH]1. The van der Waals surface area contributed by atoms with Crippen LogP contribution in [0.15, 0.2) is 29.3 Å². The molecule has 148 valence electrons. The van der Waals surface area contributed by atoms with Crippen molar-refractivity contribution in [2.24, 2.45) is 0 Å². The number of carbonyl (C=O) groups excluding carboxylic acids is 1. The molecule has 0 aliphatic heterocycles. The van der Waals surface area contributed by atoms with Crippen LogP contribution >= 0.6 is 0 Å². The lowest BCUT2D eigenvalue weighted by Gasteiger charge is -2.18. The van der Waals surface area contributed by atoms with Crippen molar-refractivity contribution >= 4 is 16.9 Å². The van der Waals surface area contributed by atoms with Crippen LogP contribution in [0.2, 0.25) is 0 Å². The first-order valence-corrected chi connectivity index (χ1v) is 8.38. The number of nitrogens with one attached hydrogen (secondary N) is 3. The Morgan fingerprint density at radius 1 is 1.14 bits per heavy atom. The number of carbonyl (C=O) groups is 1. The molecule has 3 aromatic rings. The Balaban J connectivity index is 1.83. The first-order chi connectivity index (χ1) is 13.0. The number of halogens is 3. The minimum absolute atomic E-state index is 0.00708. The van der Waals surface area contributed by atoms with E-state index >= 15 is 0 Å². The number of alkyl halides is 3. The summed E-state index contributed by atoms with van der Waals surface area (Å²) in [5.41, 5.74) is 0.217. The number of amides is 1. The van der Waals surface area contributed by atoms with Gasteiger partial charge in [-0.2, -0.15) is 13.2 Å². The monoisotopic (exact) mass is 393 g/mol. The molecule has 3 aromatic heterocycles. The second-order valence-electron chi connectivity index (χ2n) is 7.33. The second kappa shape index (κ2) is 6.77. The van der Waals surface area contributed by atoms with E-state index in [1.807, 2.05) is 20.8 Å². The fraction of sp³-hybridized carbons (Fsp3) is 0.333. The van der Waals surface area contributed by atoms with Gasteiger partial charge >= 0.3 is 6.18 Å². The van der Waals surface area contributed by atoms with Crippen molar-refractivity contribution in [2.75, 3.05) is 0 Å². The molecule has 0 atom stereocenters. The van der Waals surface area contributed by atoms with E-state index < -0.39 is 17.9 Å². The highest BCUT2D eigenvalue weighted by Gasteiger charge is 2.35. The van der Waals surface area contributed by atoms with Gasteiger partial charge in [-0.25, -0.2) is 4.98 Å². The highest BCUT2D eigenvalue weighted by Crippen LogP contribution is 2.29. The van der Waals surface area contributed by atoms with Gasteiger partial charge in [-0.3, -0.25) is 14.6 Å². The molecule has 28 heavy (non-hydrogen) atoms. The maximum atomic E-state index is 12.8. The Labute approximate surface area is 157 Å². The number of fused-ring (bicyclic) bond motifs is 1. The summed E-state index contributed by atoms with van der Waals surface area (Å²) in [5, 5.41) is 2.52. The van der Waals surface area contributed by atoms with Crippen molar-refractivity contribution in [2.45, 2.75) is 38.9 Å². The topological polar surface area (TPSA) is 104 Å². The quantitative estimate of drug-likeness (QED) is 0.637. The molecule has 7 nitrogen and oxygen atoms in total. The van der Waals surface area contributed by atoms with E-state index in [0.717, 1.165) is 18.1 Å². The molecule has 10 heteroatoms. The largest absolute Gasteiger partial charge is 0.449 e. The first kappa shape index (κ1) is 19.6. The van der Waals surface area contributed by atoms with Crippen LogP contribution in [0.5, 0.6) is 0 Å². The van der Waals surface area contributed by atoms with Gasteiger partial charge in [0.1, 0.15) is 5.52 Å². The molecule has 3 N–H and O–H groups in total. The maximum Gasteiger partial charge on any atom is 0.449 e.